The third kappa shape index (κ3) is 24.0. The van der Waals surface area contributed by atoms with Crippen molar-refractivity contribution in [1.29, 1.82) is 0 Å². The number of hydrogen-bond donors (Lipinski definition) is 7. The van der Waals surface area contributed by atoms with Crippen LogP contribution in [-0.4, -0.2) is 142 Å². The molecule has 15 nitrogen and oxygen atoms in total. The van der Waals surface area contributed by atoms with Crippen molar-refractivity contribution in [2.24, 2.45) is 0 Å². The molecule has 7 N–H and O–H groups in total. The SMILES string of the molecule is CCCC/C=C/CCCCCCCCCCCC(=O)OC[C@H](CO[C@@H]1O[C@H](CO[C@@H]2O[C@H](CO)[C@H](O)C(O)C2O)[C@H](O)C(O)C1O)OC(=O)CCCCCCCCCCCCC. The lowest BCUT2D eigenvalue weighted by molar-refractivity contribution is -0.332. The quantitative estimate of drug-likeness (QED) is 0.0221. The second-order valence-corrected chi connectivity index (χ2v) is 17.3. The number of carbonyl (C=O) groups is 2. The van der Waals surface area contributed by atoms with Gasteiger partial charge in [0.2, 0.25) is 0 Å². The highest BCUT2D eigenvalue weighted by molar-refractivity contribution is 5.70. The van der Waals surface area contributed by atoms with Crippen molar-refractivity contribution in [2.75, 3.05) is 26.4 Å². The normalized spacial score (nSPS) is 27.1. The first kappa shape index (κ1) is 56.4. The molecule has 0 radical (unpaired) electrons. The zero-order valence-corrected chi connectivity index (χ0v) is 38.1. The van der Waals surface area contributed by atoms with Crippen LogP contribution in [0.5, 0.6) is 0 Å². The number of carbonyl (C=O) groups excluding carboxylic acids is 2. The van der Waals surface area contributed by atoms with Crippen LogP contribution in [0, 0.1) is 0 Å². The Balaban J connectivity index is 1.82. The van der Waals surface area contributed by atoms with Gasteiger partial charge in [0.25, 0.3) is 0 Å². The molecule has 2 aliphatic rings. The molecule has 0 aliphatic carbocycles. The Morgan fingerprint density at radius 2 is 0.935 bits per heavy atom. The number of allylic oxidation sites excluding steroid dienone is 2. The Bertz CT molecular complexity index is 1140. The summed E-state index contributed by atoms with van der Waals surface area (Å²) >= 11 is 0. The van der Waals surface area contributed by atoms with Gasteiger partial charge in [-0.15, -0.1) is 0 Å². The Kier molecular flexibility index (Phi) is 32.3. The molecule has 0 amide bonds. The minimum absolute atomic E-state index is 0.169. The van der Waals surface area contributed by atoms with E-state index >= 15 is 0 Å². The van der Waals surface area contributed by atoms with E-state index in [9.17, 15) is 45.3 Å². The first-order valence-electron chi connectivity index (χ1n) is 24.3. The van der Waals surface area contributed by atoms with Gasteiger partial charge in [0.15, 0.2) is 18.7 Å². The van der Waals surface area contributed by atoms with Crippen LogP contribution in [0.3, 0.4) is 0 Å². The van der Waals surface area contributed by atoms with Crippen LogP contribution < -0.4 is 0 Å². The molecule has 0 saturated carbocycles. The van der Waals surface area contributed by atoms with Crippen LogP contribution in [0.4, 0.5) is 0 Å². The van der Waals surface area contributed by atoms with E-state index in [0.717, 1.165) is 38.5 Å². The molecule has 2 aliphatic heterocycles. The van der Waals surface area contributed by atoms with E-state index in [2.05, 4.69) is 26.0 Å². The van der Waals surface area contributed by atoms with Crippen molar-refractivity contribution in [3.8, 4) is 0 Å². The second-order valence-electron chi connectivity index (χ2n) is 17.3. The summed E-state index contributed by atoms with van der Waals surface area (Å²) in [7, 11) is 0. The maximum Gasteiger partial charge on any atom is 0.306 e. The smallest absolute Gasteiger partial charge is 0.306 e. The molecule has 0 aromatic heterocycles. The summed E-state index contributed by atoms with van der Waals surface area (Å²) in [4.78, 5) is 25.6. The highest BCUT2D eigenvalue weighted by Gasteiger charge is 2.47. The number of hydrogen-bond acceptors (Lipinski definition) is 15. The standard InChI is InChI=1S/C47H86O15/c1-3-5-7-9-11-13-15-16-17-18-20-21-23-25-27-29-38(49)57-32-35(60-39(50)30-28-26-24-22-19-14-12-10-8-6-4-2)33-58-46-45(56)43(54)41(52)37(62-46)34-59-47-44(55)42(53)40(51)36(31-48)61-47/h9,11,35-37,40-48,51-56H,3-8,10,12-34H2,1-2H3/b11-9+/t35-,36-,37-,40+,41+,42?,43?,44?,45?,46-,47-/m1/s1. The summed E-state index contributed by atoms with van der Waals surface area (Å²) in [6.45, 7) is 2.55. The average molecular weight is 891 g/mol. The lowest BCUT2D eigenvalue weighted by atomic mass is 9.98. The molecule has 11 atom stereocenters. The van der Waals surface area contributed by atoms with Gasteiger partial charge in [0.1, 0.15) is 55.4 Å². The van der Waals surface area contributed by atoms with Crippen LogP contribution >= 0.6 is 0 Å². The van der Waals surface area contributed by atoms with Crippen molar-refractivity contribution in [3.63, 3.8) is 0 Å². The van der Waals surface area contributed by atoms with Gasteiger partial charge < -0.3 is 64.2 Å². The summed E-state index contributed by atoms with van der Waals surface area (Å²) in [5, 5.41) is 71.9. The van der Waals surface area contributed by atoms with E-state index in [1.165, 1.54) is 103 Å². The van der Waals surface area contributed by atoms with Gasteiger partial charge in [0.05, 0.1) is 19.8 Å². The van der Waals surface area contributed by atoms with Crippen molar-refractivity contribution in [1.82, 2.24) is 0 Å². The van der Waals surface area contributed by atoms with Crippen molar-refractivity contribution in [3.05, 3.63) is 12.2 Å². The van der Waals surface area contributed by atoms with E-state index in [-0.39, 0.29) is 26.1 Å². The number of aliphatic hydroxyl groups excluding tert-OH is 7. The maximum absolute atomic E-state index is 12.9. The third-order valence-electron chi connectivity index (χ3n) is 11.7. The van der Waals surface area contributed by atoms with Crippen molar-refractivity contribution >= 4 is 11.9 Å². The molecular weight excluding hydrogens is 805 g/mol. The second kappa shape index (κ2) is 35.5. The molecule has 2 rings (SSSR count). The predicted octanol–water partition coefficient (Wildman–Crippen LogP) is 5.82. The Morgan fingerprint density at radius 3 is 1.47 bits per heavy atom. The summed E-state index contributed by atoms with van der Waals surface area (Å²) in [5.41, 5.74) is 0. The molecule has 0 aromatic rings. The minimum atomic E-state index is -1.76. The molecule has 0 bridgehead atoms. The van der Waals surface area contributed by atoms with Crippen LogP contribution in [0.25, 0.3) is 0 Å². The van der Waals surface area contributed by atoms with Gasteiger partial charge in [-0.3, -0.25) is 9.59 Å². The van der Waals surface area contributed by atoms with Crippen molar-refractivity contribution in [2.45, 2.75) is 248 Å². The summed E-state index contributed by atoms with van der Waals surface area (Å²) in [6.07, 6.45) is 15.3. The summed E-state index contributed by atoms with van der Waals surface area (Å²) < 4.78 is 33.5. The van der Waals surface area contributed by atoms with Gasteiger partial charge in [-0.25, -0.2) is 0 Å². The van der Waals surface area contributed by atoms with E-state index in [1.54, 1.807) is 0 Å². The molecule has 4 unspecified atom stereocenters. The van der Waals surface area contributed by atoms with Crippen molar-refractivity contribution < 1.29 is 73.8 Å². The van der Waals surface area contributed by atoms with Crippen LogP contribution in [-0.2, 0) is 38.0 Å². The fourth-order valence-electron chi connectivity index (χ4n) is 7.67. The van der Waals surface area contributed by atoms with Gasteiger partial charge in [-0.2, -0.15) is 0 Å². The van der Waals surface area contributed by atoms with Gasteiger partial charge in [-0.05, 0) is 32.1 Å². The number of ether oxygens (including phenoxy) is 6. The molecule has 15 heteroatoms. The monoisotopic (exact) mass is 891 g/mol. The van der Waals surface area contributed by atoms with E-state index in [1.807, 2.05) is 0 Å². The summed E-state index contributed by atoms with van der Waals surface area (Å²) in [5.74, 6) is -0.922. The zero-order chi connectivity index (χ0) is 45.4. The molecule has 0 spiro atoms. The molecule has 2 saturated heterocycles. The fourth-order valence-corrected chi connectivity index (χ4v) is 7.67. The highest BCUT2D eigenvalue weighted by atomic mass is 16.7. The number of aliphatic hydroxyl groups is 7. The largest absolute Gasteiger partial charge is 0.462 e. The predicted molar refractivity (Wildman–Crippen MR) is 234 cm³/mol. The fraction of sp³-hybridized carbons (Fsp3) is 0.915. The molecule has 2 heterocycles. The molecule has 62 heavy (non-hydrogen) atoms. The zero-order valence-electron chi connectivity index (χ0n) is 38.1. The van der Waals surface area contributed by atoms with Crippen LogP contribution in [0.1, 0.15) is 181 Å². The van der Waals surface area contributed by atoms with E-state index in [0.29, 0.717) is 12.8 Å². The first-order valence-corrected chi connectivity index (χ1v) is 24.3. The average Bonchev–Trinajstić information content (AvgIpc) is 3.26. The molecular formula is C47H86O15. The first-order chi connectivity index (χ1) is 30.0. The van der Waals surface area contributed by atoms with E-state index in [4.69, 9.17) is 28.4 Å². The number of unbranched alkanes of at least 4 members (excludes halogenated alkanes) is 21. The maximum atomic E-state index is 12.9. The third-order valence-corrected chi connectivity index (χ3v) is 11.7. The van der Waals surface area contributed by atoms with Crippen LogP contribution in [0.15, 0.2) is 12.2 Å². The summed E-state index contributed by atoms with van der Waals surface area (Å²) in [6, 6.07) is 0. The Labute approximate surface area is 371 Å². The van der Waals surface area contributed by atoms with Crippen LogP contribution in [0.2, 0.25) is 0 Å². The minimum Gasteiger partial charge on any atom is -0.462 e. The molecule has 2 fully saturated rings. The highest BCUT2D eigenvalue weighted by Crippen LogP contribution is 2.26. The number of esters is 2. The van der Waals surface area contributed by atoms with Gasteiger partial charge >= 0.3 is 11.9 Å². The lowest BCUT2D eigenvalue weighted by Crippen LogP contribution is -2.61. The van der Waals surface area contributed by atoms with Gasteiger partial charge in [-0.1, -0.05) is 148 Å². The lowest BCUT2D eigenvalue weighted by Gasteiger charge is -2.42. The molecule has 0 aromatic carbocycles. The van der Waals surface area contributed by atoms with Gasteiger partial charge in [0, 0.05) is 12.8 Å². The number of rotatable bonds is 37. The Morgan fingerprint density at radius 1 is 0.500 bits per heavy atom. The topological polar surface area (TPSA) is 231 Å². The molecule has 364 valence electrons. The van der Waals surface area contributed by atoms with E-state index < -0.39 is 92.7 Å². The Hall–Kier alpha value is -1.76.